The van der Waals surface area contributed by atoms with E-state index in [-0.39, 0.29) is 5.78 Å². The van der Waals surface area contributed by atoms with Gasteiger partial charge in [0.05, 0.1) is 12.7 Å². The monoisotopic (exact) mass is 284 g/mol. The van der Waals surface area contributed by atoms with Gasteiger partial charge in [-0.15, -0.1) is 0 Å². The van der Waals surface area contributed by atoms with Crippen molar-refractivity contribution in [3.8, 4) is 0 Å². The third-order valence-corrected chi connectivity index (χ3v) is 2.90. The fraction of sp³-hybridized carbons (Fsp3) is 0.333. The Bertz CT molecular complexity index is 378. The minimum Gasteiger partial charge on any atom is -0.465 e. The van der Waals surface area contributed by atoms with Crippen LogP contribution in [0.25, 0.3) is 0 Å². The van der Waals surface area contributed by atoms with Crippen molar-refractivity contribution < 1.29 is 14.3 Å². The van der Waals surface area contributed by atoms with Crippen molar-refractivity contribution in [2.45, 2.75) is 18.7 Å². The highest BCUT2D eigenvalue weighted by atomic mass is 79.9. The molecule has 1 aromatic carbocycles. The SMILES string of the molecule is CCC(=O)c1cccc(C(=O)OC)c1CBr. The van der Waals surface area contributed by atoms with E-state index in [2.05, 4.69) is 20.7 Å². The summed E-state index contributed by atoms with van der Waals surface area (Å²) in [5.74, 6) is -0.389. The number of benzene rings is 1. The number of carbonyl (C=O) groups is 2. The Balaban J connectivity index is 3.31. The van der Waals surface area contributed by atoms with E-state index in [1.807, 2.05) is 0 Å². The molecule has 3 nitrogen and oxygen atoms in total. The quantitative estimate of drug-likeness (QED) is 0.485. The predicted octanol–water partition coefficient (Wildman–Crippen LogP) is 2.96. The number of rotatable bonds is 4. The molecule has 1 rings (SSSR count). The van der Waals surface area contributed by atoms with Gasteiger partial charge in [0, 0.05) is 17.3 Å². The van der Waals surface area contributed by atoms with Crippen molar-refractivity contribution >= 4 is 27.7 Å². The topological polar surface area (TPSA) is 43.4 Å². The smallest absolute Gasteiger partial charge is 0.338 e. The number of esters is 1. The normalized spacial score (nSPS) is 9.94. The first-order valence-electron chi connectivity index (χ1n) is 4.95. The molecule has 0 spiro atoms. The van der Waals surface area contributed by atoms with E-state index in [9.17, 15) is 9.59 Å². The van der Waals surface area contributed by atoms with Crippen LogP contribution in [0.15, 0.2) is 18.2 Å². The molecule has 0 aliphatic rings. The van der Waals surface area contributed by atoms with Crippen LogP contribution in [0.1, 0.15) is 39.6 Å². The van der Waals surface area contributed by atoms with E-state index in [0.717, 1.165) is 0 Å². The molecule has 0 amide bonds. The van der Waals surface area contributed by atoms with Gasteiger partial charge in [0.2, 0.25) is 0 Å². The summed E-state index contributed by atoms with van der Waals surface area (Å²) in [6.45, 7) is 1.80. The van der Waals surface area contributed by atoms with Crippen LogP contribution in [0.3, 0.4) is 0 Å². The molecule has 0 saturated carbocycles. The highest BCUT2D eigenvalue weighted by molar-refractivity contribution is 9.08. The Morgan fingerprint density at radius 2 is 1.94 bits per heavy atom. The van der Waals surface area contributed by atoms with E-state index in [4.69, 9.17) is 0 Å². The molecule has 1 aromatic rings. The molecule has 86 valence electrons. The first-order chi connectivity index (χ1) is 7.65. The molecule has 0 radical (unpaired) electrons. The Kier molecular flexibility index (Phi) is 4.68. The van der Waals surface area contributed by atoms with Crippen LogP contribution in [-0.2, 0) is 10.1 Å². The highest BCUT2D eigenvalue weighted by Gasteiger charge is 2.17. The molecule has 0 bridgehead atoms. The number of ether oxygens (including phenoxy) is 1. The molecular weight excluding hydrogens is 272 g/mol. The minimum absolute atomic E-state index is 0.0280. The van der Waals surface area contributed by atoms with Crippen molar-refractivity contribution in [3.63, 3.8) is 0 Å². The molecule has 0 saturated heterocycles. The van der Waals surface area contributed by atoms with Crippen molar-refractivity contribution in [1.82, 2.24) is 0 Å². The Hall–Kier alpha value is -1.16. The van der Waals surface area contributed by atoms with Crippen LogP contribution < -0.4 is 0 Å². The molecule has 0 fully saturated rings. The van der Waals surface area contributed by atoms with E-state index in [1.165, 1.54) is 7.11 Å². The van der Waals surface area contributed by atoms with Crippen molar-refractivity contribution in [2.24, 2.45) is 0 Å². The molecule has 0 aromatic heterocycles. The molecule has 4 heteroatoms. The average molecular weight is 285 g/mol. The van der Waals surface area contributed by atoms with Gasteiger partial charge in [-0.2, -0.15) is 0 Å². The Morgan fingerprint density at radius 1 is 1.31 bits per heavy atom. The van der Waals surface area contributed by atoms with Crippen LogP contribution >= 0.6 is 15.9 Å². The van der Waals surface area contributed by atoms with E-state index in [1.54, 1.807) is 25.1 Å². The number of methoxy groups -OCH3 is 1. The second-order valence-corrected chi connectivity index (χ2v) is 3.79. The second kappa shape index (κ2) is 5.80. The van der Waals surface area contributed by atoms with Gasteiger partial charge in [-0.3, -0.25) is 4.79 Å². The Labute approximate surface area is 103 Å². The number of hydrogen-bond acceptors (Lipinski definition) is 3. The lowest BCUT2D eigenvalue weighted by Gasteiger charge is -2.09. The summed E-state index contributed by atoms with van der Waals surface area (Å²) < 4.78 is 4.68. The van der Waals surface area contributed by atoms with Crippen molar-refractivity contribution in [3.05, 3.63) is 34.9 Å². The Morgan fingerprint density at radius 3 is 2.44 bits per heavy atom. The van der Waals surface area contributed by atoms with Crippen LogP contribution in [0.5, 0.6) is 0 Å². The minimum atomic E-state index is -0.416. The zero-order valence-electron chi connectivity index (χ0n) is 9.25. The zero-order chi connectivity index (χ0) is 12.1. The predicted molar refractivity (Wildman–Crippen MR) is 65.0 cm³/mol. The summed E-state index contributed by atoms with van der Waals surface area (Å²) in [6, 6.07) is 5.09. The standard InChI is InChI=1S/C12H13BrO3/c1-3-11(14)8-5-4-6-9(10(8)7-13)12(15)16-2/h4-6H,3,7H2,1-2H3. The van der Waals surface area contributed by atoms with Crippen LogP contribution in [-0.4, -0.2) is 18.9 Å². The van der Waals surface area contributed by atoms with Gasteiger partial charge in [-0.1, -0.05) is 35.0 Å². The van der Waals surface area contributed by atoms with Gasteiger partial charge in [0.1, 0.15) is 0 Å². The molecule has 0 aliphatic carbocycles. The lowest BCUT2D eigenvalue weighted by molar-refractivity contribution is 0.0600. The molecular formula is C12H13BrO3. The van der Waals surface area contributed by atoms with Gasteiger partial charge < -0.3 is 4.74 Å². The number of Topliss-reactive ketones (excluding diaryl/α,β-unsaturated/α-hetero) is 1. The lowest BCUT2D eigenvalue weighted by atomic mass is 9.98. The molecule has 0 N–H and O–H groups in total. The van der Waals surface area contributed by atoms with E-state index < -0.39 is 5.97 Å². The lowest BCUT2D eigenvalue weighted by Crippen LogP contribution is -2.10. The number of alkyl halides is 1. The summed E-state index contributed by atoms with van der Waals surface area (Å²) in [4.78, 5) is 23.2. The van der Waals surface area contributed by atoms with Crippen LogP contribution in [0.2, 0.25) is 0 Å². The fourth-order valence-electron chi connectivity index (χ4n) is 1.48. The summed E-state index contributed by atoms with van der Waals surface area (Å²) in [5.41, 5.74) is 1.72. The first kappa shape index (κ1) is 12.9. The molecule has 0 aliphatic heterocycles. The van der Waals surface area contributed by atoms with Gasteiger partial charge in [-0.05, 0) is 11.6 Å². The summed E-state index contributed by atoms with van der Waals surface area (Å²) in [5, 5.41) is 0.458. The third-order valence-electron chi connectivity index (χ3n) is 2.34. The van der Waals surface area contributed by atoms with Gasteiger partial charge in [0.25, 0.3) is 0 Å². The van der Waals surface area contributed by atoms with Crippen molar-refractivity contribution in [2.75, 3.05) is 7.11 Å². The third kappa shape index (κ3) is 2.50. The maximum absolute atomic E-state index is 11.7. The number of hydrogen-bond donors (Lipinski definition) is 0. The van der Waals surface area contributed by atoms with Gasteiger partial charge in [0.15, 0.2) is 5.78 Å². The van der Waals surface area contributed by atoms with Crippen molar-refractivity contribution in [1.29, 1.82) is 0 Å². The maximum atomic E-state index is 11.7. The van der Waals surface area contributed by atoms with Crippen LogP contribution in [0.4, 0.5) is 0 Å². The number of ketones is 1. The first-order valence-corrected chi connectivity index (χ1v) is 6.07. The molecule has 16 heavy (non-hydrogen) atoms. The van der Waals surface area contributed by atoms with Gasteiger partial charge >= 0.3 is 5.97 Å². The highest BCUT2D eigenvalue weighted by Crippen LogP contribution is 2.20. The average Bonchev–Trinajstić information content (AvgIpc) is 2.35. The molecule has 0 unspecified atom stereocenters. The van der Waals surface area contributed by atoms with Crippen LogP contribution in [0, 0.1) is 0 Å². The molecule has 0 heterocycles. The number of carbonyl (C=O) groups excluding carboxylic acids is 2. The number of halogens is 1. The summed E-state index contributed by atoms with van der Waals surface area (Å²) in [7, 11) is 1.33. The summed E-state index contributed by atoms with van der Waals surface area (Å²) in [6.07, 6.45) is 0.421. The largest absolute Gasteiger partial charge is 0.465 e. The van der Waals surface area contributed by atoms with E-state index >= 15 is 0 Å². The van der Waals surface area contributed by atoms with E-state index in [0.29, 0.717) is 28.4 Å². The fourth-order valence-corrected chi connectivity index (χ4v) is 2.09. The second-order valence-electron chi connectivity index (χ2n) is 3.23. The maximum Gasteiger partial charge on any atom is 0.338 e. The zero-order valence-corrected chi connectivity index (χ0v) is 10.8. The van der Waals surface area contributed by atoms with Gasteiger partial charge in [-0.25, -0.2) is 4.79 Å². The summed E-state index contributed by atoms with van der Waals surface area (Å²) >= 11 is 3.29. The molecule has 0 atom stereocenters.